The van der Waals surface area contributed by atoms with Crippen LogP contribution in [0.4, 0.5) is 5.69 Å². The van der Waals surface area contributed by atoms with Crippen LogP contribution in [-0.2, 0) is 0 Å². The highest BCUT2D eigenvalue weighted by Gasteiger charge is 2.08. The molecule has 0 aliphatic carbocycles. The smallest absolute Gasteiger partial charge is 0.155 e. The molecule has 0 spiro atoms. The topological polar surface area (TPSA) is 52.3 Å². The summed E-state index contributed by atoms with van der Waals surface area (Å²) < 4.78 is 4.90. The van der Waals surface area contributed by atoms with Crippen LogP contribution in [0.3, 0.4) is 0 Å². The summed E-state index contributed by atoms with van der Waals surface area (Å²) >= 11 is 5.68. The Hall–Kier alpha value is -1.22. The maximum atomic E-state index is 10.5. The minimum Gasteiger partial charge on any atom is -0.496 e. The number of carbonyl (C=O) groups excluding carboxylic acids is 1. The molecule has 1 aromatic rings. The second-order valence-electron chi connectivity index (χ2n) is 2.19. The van der Waals surface area contributed by atoms with Crippen molar-refractivity contribution < 1.29 is 9.53 Å². The molecule has 0 amide bonds. The maximum absolute atomic E-state index is 10.5. The second-order valence-corrected chi connectivity index (χ2v) is 2.60. The minimum atomic E-state index is 0.256. The third-order valence-electron chi connectivity index (χ3n) is 1.53. The molecule has 64 valence electrons. The number of methoxy groups -OCH3 is 1. The quantitative estimate of drug-likeness (QED) is 0.564. The van der Waals surface area contributed by atoms with Gasteiger partial charge in [0.05, 0.1) is 23.4 Å². The Morgan fingerprint density at radius 2 is 2.25 bits per heavy atom. The number of halogens is 1. The fraction of sp³-hybridized carbons (Fsp3) is 0.125. The first-order valence-corrected chi connectivity index (χ1v) is 3.65. The fourth-order valence-corrected chi connectivity index (χ4v) is 1.05. The predicted octanol–water partition coefficient (Wildman–Crippen LogP) is 1.74. The van der Waals surface area contributed by atoms with Crippen LogP contribution in [0.25, 0.3) is 0 Å². The van der Waals surface area contributed by atoms with Gasteiger partial charge >= 0.3 is 0 Å². The fourth-order valence-electron chi connectivity index (χ4n) is 0.889. The second kappa shape index (κ2) is 3.45. The van der Waals surface area contributed by atoms with Crippen LogP contribution >= 0.6 is 11.6 Å². The van der Waals surface area contributed by atoms with E-state index in [1.54, 1.807) is 12.1 Å². The van der Waals surface area contributed by atoms with E-state index in [2.05, 4.69) is 0 Å². The van der Waals surface area contributed by atoms with Crippen molar-refractivity contribution in [3.63, 3.8) is 0 Å². The van der Waals surface area contributed by atoms with Gasteiger partial charge in [0.25, 0.3) is 0 Å². The van der Waals surface area contributed by atoms with Crippen molar-refractivity contribution >= 4 is 23.6 Å². The molecule has 0 aromatic heterocycles. The first-order valence-electron chi connectivity index (χ1n) is 3.28. The van der Waals surface area contributed by atoms with E-state index in [9.17, 15) is 4.79 Å². The SMILES string of the molecule is COc1ccc(Cl)c(N)c1C=O. The van der Waals surface area contributed by atoms with Crippen molar-refractivity contribution in [3.8, 4) is 5.75 Å². The number of nitrogen functional groups attached to an aromatic ring is 1. The normalized spacial score (nSPS) is 9.50. The third kappa shape index (κ3) is 1.36. The summed E-state index contributed by atoms with van der Waals surface area (Å²) in [5.74, 6) is 0.437. The molecule has 1 rings (SSSR count). The summed E-state index contributed by atoms with van der Waals surface area (Å²) in [5.41, 5.74) is 6.08. The van der Waals surface area contributed by atoms with Crippen molar-refractivity contribution in [2.45, 2.75) is 0 Å². The molecule has 0 aliphatic heterocycles. The average Bonchev–Trinajstić information content (AvgIpc) is 2.09. The Labute approximate surface area is 75.1 Å². The van der Waals surface area contributed by atoms with Crippen LogP contribution in [0.1, 0.15) is 10.4 Å². The molecule has 4 heteroatoms. The van der Waals surface area contributed by atoms with Gasteiger partial charge in [-0.25, -0.2) is 0 Å². The lowest BCUT2D eigenvalue weighted by atomic mass is 10.2. The molecule has 0 saturated heterocycles. The van der Waals surface area contributed by atoms with Crippen LogP contribution in [0.5, 0.6) is 5.75 Å². The van der Waals surface area contributed by atoms with E-state index in [1.165, 1.54) is 7.11 Å². The summed E-state index contributed by atoms with van der Waals surface area (Å²) in [6, 6.07) is 3.19. The van der Waals surface area contributed by atoms with E-state index in [4.69, 9.17) is 22.1 Å². The van der Waals surface area contributed by atoms with E-state index < -0.39 is 0 Å². The lowest BCUT2D eigenvalue weighted by Crippen LogP contribution is -1.97. The Bertz CT molecular complexity index is 312. The number of hydrogen-bond donors (Lipinski definition) is 1. The molecule has 1 aromatic carbocycles. The molecular formula is C8H8ClNO2. The van der Waals surface area contributed by atoms with Crippen LogP contribution in [0.2, 0.25) is 5.02 Å². The number of hydrogen-bond acceptors (Lipinski definition) is 3. The van der Waals surface area contributed by atoms with Gasteiger partial charge in [-0.1, -0.05) is 11.6 Å². The number of nitrogens with two attached hydrogens (primary N) is 1. The Kier molecular flexibility index (Phi) is 2.55. The van der Waals surface area contributed by atoms with E-state index in [1.807, 2.05) is 0 Å². The highest BCUT2D eigenvalue weighted by Crippen LogP contribution is 2.29. The highest BCUT2D eigenvalue weighted by atomic mass is 35.5. The zero-order valence-corrected chi connectivity index (χ0v) is 7.26. The van der Waals surface area contributed by atoms with Gasteiger partial charge in [0, 0.05) is 0 Å². The monoisotopic (exact) mass is 185 g/mol. The molecule has 0 fully saturated rings. The summed E-state index contributed by atoms with van der Waals surface area (Å²) in [6.07, 6.45) is 0.625. The third-order valence-corrected chi connectivity index (χ3v) is 1.86. The van der Waals surface area contributed by atoms with Crippen molar-refractivity contribution in [1.29, 1.82) is 0 Å². The molecule has 12 heavy (non-hydrogen) atoms. The number of rotatable bonds is 2. The zero-order valence-electron chi connectivity index (χ0n) is 6.50. The molecule has 3 nitrogen and oxygen atoms in total. The lowest BCUT2D eigenvalue weighted by molar-refractivity contribution is 0.112. The van der Waals surface area contributed by atoms with E-state index in [0.717, 1.165) is 0 Å². The average molecular weight is 186 g/mol. The number of aldehydes is 1. The number of anilines is 1. The first-order chi connectivity index (χ1) is 5.70. The summed E-state index contributed by atoms with van der Waals surface area (Å²) in [4.78, 5) is 10.5. The molecular weight excluding hydrogens is 178 g/mol. The highest BCUT2D eigenvalue weighted by molar-refractivity contribution is 6.33. The van der Waals surface area contributed by atoms with Crippen molar-refractivity contribution in [2.75, 3.05) is 12.8 Å². The van der Waals surface area contributed by atoms with Crippen molar-refractivity contribution in [1.82, 2.24) is 0 Å². The van der Waals surface area contributed by atoms with Gasteiger partial charge in [-0.2, -0.15) is 0 Å². The number of benzene rings is 1. The van der Waals surface area contributed by atoms with Crippen LogP contribution < -0.4 is 10.5 Å². The summed E-state index contributed by atoms with van der Waals surface area (Å²) in [6.45, 7) is 0. The molecule has 0 atom stereocenters. The Morgan fingerprint density at radius 3 is 2.75 bits per heavy atom. The molecule has 0 heterocycles. The van der Waals surface area contributed by atoms with Crippen molar-refractivity contribution in [3.05, 3.63) is 22.7 Å². The minimum absolute atomic E-state index is 0.256. The van der Waals surface area contributed by atoms with Crippen LogP contribution in [0.15, 0.2) is 12.1 Å². The number of ether oxygens (including phenoxy) is 1. The van der Waals surface area contributed by atoms with Gasteiger partial charge in [0.15, 0.2) is 6.29 Å². The molecule has 0 aliphatic rings. The summed E-state index contributed by atoms with van der Waals surface area (Å²) in [5, 5.41) is 0.359. The molecule has 0 radical (unpaired) electrons. The Morgan fingerprint density at radius 1 is 1.58 bits per heavy atom. The number of carbonyl (C=O) groups is 1. The molecule has 0 unspecified atom stereocenters. The molecule has 0 saturated carbocycles. The van der Waals surface area contributed by atoms with E-state index in [-0.39, 0.29) is 5.69 Å². The van der Waals surface area contributed by atoms with Gasteiger partial charge in [-0.3, -0.25) is 4.79 Å². The Balaban J connectivity index is 3.35. The van der Waals surface area contributed by atoms with Gasteiger partial charge < -0.3 is 10.5 Å². The zero-order chi connectivity index (χ0) is 9.14. The lowest BCUT2D eigenvalue weighted by Gasteiger charge is -2.06. The van der Waals surface area contributed by atoms with Crippen molar-refractivity contribution in [2.24, 2.45) is 0 Å². The van der Waals surface area contributed by atoms with Gasteiger partial charge in [0.2, 0.25) is 0 Å². The van der Waals surface area contributed by atoms with Crippen LogP contribution in [-0.4, -0.2) is 13.4 Å². The predicted molar refractivity (Wildman–Crippen MR) is 47.8 cm³/mol. The molecule has 0 bridgehead atoms. The van der Waals surface area contributed by atoms with E-state index >= 15 is 0 Å². The summed E-state index contributed by atoms with van der Waals surface area (Å²) in [7, 11) is 1.47. The first kappa shape index (κ1) is 8.87. The molecule has 2 N–H and O–H groups in total. The van der Waals surface area contributed by atoms with Gasteiger partial charge in [0.1, 0.15) is 5.75 Å². The van der Waals surface area contributed by atoms with Gasteiger partial charge in [-0.15, -0.1) is 0 Å². The largest absolute Gasteiger partial charge is 0.496 e. The van der Waals surface area contributed by atoms with Crippen LogP contribution in [0, 0.1) is 0 Å². The maximum Gasteiger partial charge on any atom is 0.155 e. The van der Waals surface area contributed by atoms with E-state index in [0.29, 0.717) is 22.6 Å². The van der Waals surface area contributed by atoms with Gasteiger partial charge in [-0.05, 0) is 12.1 Å². The standard InChI is InChI=1S/C8H8ClNO2/c1-12-7-3-2-6(9)8(10)5(7)4-11/h2-4H,10H2,1H3.